The van der Waals surface area contributed by atoms with Crippen LogP contribution in [0.3, 0.4) is 0 Å². The van der Waals surface area contributed by atoms with Crippen LogP contribution in [0.25, 0.3) is 0 Å². The molecule has 1 heterocycles. The molecular weight excluding hydrogens is 392 g/mol. The largest absolute Gasteiger partial charge is 0.491 e. The van der Waals surface area contributed by atoms with Crippen molar-refractivity contribution in [2.75, 3.05) is 6.61 Å². The van der Waals surface area contributed by atoms with E-state index in [1.54, 1.807) is 12.1 Å². The van der Waals surface area contributed by atoms with Gasteiger partial charge < -0.3 is 9.84 Å². The zero-order chi connectivity index (χ0) is 14.5. The highest BCUT2D eigenvalue weighted by molar-refractivity contribution is 9.10. The van der Waals surface area contributed by atoms with Crippen molar-refractivity contribution in [2.24, 2.45) is 0 Å². The van der Waals surface area contributed by atoms with Crippen LogP contribution in [-0.4, -0.2) is 27.4 Å². The molecule has 0 aliphatic rings. The van der Waals surface area contributed by atoms with Gasteiger partial charge in [-0.2, -0.15) is 0 Å². The predicted molar refractivity (Wildman–Crippen MR) is 81.8 cm³/mol. The lowest BCUT2D eigenvalue weighted by atomic mass is 10.3. The van der Waals surface area contributed by atoms with Crippen LogP contribution in [0.2, 0.25) is 0 Å². The van der Waals surface area contributed by atoms with Gasteiger partial charge in [0.1, 0.15) is 22.9 Å². The molecule has 0 spiro atoms. The molecule has 20 heavy (non-hydrogen) atoms. The summed E-state index contributed by atoms with van der Waals surface area (Å²) in [5, 5.41) is 9.90. The quantitative estimate of drug-likeness (QED) is 0.831. The van der Waals surface area contributed by atoms with Crippen LogP contribution in [0, 0.1) is 0 Å². The molecule has 0 saturated carbocycles. The molecule has 1 aromatic heterocycles. The minimum Gasteiger partial charge on any atom is -0.491 e. The zero-order valence-corrected chi connectivity index (χ0v) is 13.5. The van der Waals surface area contributed by atoms with Gasteiger partial charge in [0.15, 0.2) is 0 Å². The van der Waals surface area contributed by atoms with Gasteiger partial charge >= 0.3 is 0 Å². The number of nitrogens with zero attached hydrogens (tertiary/aromatic N) is 2. The topological polar surface area (TPSA) is 64.4 Å². The van der Waals surface area contributed by atoms with E-state index in [0.29, 0.717) is 10.2 Å². The van der Waals surface area contributed by atoms with E-state index in [4.69, 9.17) is 4.74 Å². The van der Waals surface area contributed by atoms with Gasteiger partial charge in [-0.3, -0.25) is 9.36 Å². The highest BCUT2D eigenvalue weighted by Gasteiger charge is 2.09. The number of hydrogen-bond acceptors (Lipinski definition) is 4. The van der Waals surface area contributed by atoms with Gasteiger partial charge in [0, 0.05) is 10.7 Å². The lowest BCUT2D eigenvalue weighted by Crippen LogP contribution is -2.30. The molecule has 0 fully saturated rings. The number of hydrogen-bond donors (Lipinski definition) is 1. The number of ether oxygens (including phenoxy) is 1. The Morgan fingerprint density at radius 1 is 1.30 bits per heavy atom. The Bertz CT molecular complexity index is 628. The fourth-order valence-corrected chi connectivity index (χ4v) is 2.17. The van der Waals surface area contributed by atoms with E-state index >= 15 is 0 Å². The third-order valence-corrected chi connectivity index (χ3v) is 3.60. The molecule has 2 rings (SSSR count). The second kappa shape index (κ2) is 7.01. The van der Waals surface area contributed by atoms with Crippen molar-refractivity contribution in [1.82, 2.24) is 9.55 Å². The van der Waals surface area contributed by atoms with Gasteiger partial charge in [0.2, 0.25) is 0 Å². The Labute approximate surface area is 132 Å². The van der Waals surface area contributed by atoms with Crippen molar-refractivity contribution in [2.45, 2.75) is 12.6 Å². The summed E-state index contributed by atoms with van der Waals surface area (Å²) >= 11 is 6.44. The number of benzene rings is 1. The summed E-state index contributed by atoms with van der Waals surface area (Å²) < 4.78 is 8.10. The second-order valence-corrected chi connectivity index (χ2v) is 5.89. The summed E-state index contributed by atoms with van der Waals surface area (Å²) in [6, 6.07) is 7.29. The Morgan fingerprint density at radius 3 is 2.70 bits per heavy atom. The lowest BCUT2D eigenvalue weighted by molar-refractivity contribution is 0.0912. The number of halogens is 2. The molecule has 2 aromatic rings. The van der Waals surface area contributed by atoms with Gasteiger partial charge in [-0.25, -0.2) is 4.98 Å². The van der Waals surface area contributed by atoms with Gasteiger partial charge in [-0.15, -0.1) is 0 Å². The maximum atomic E-state index is 11.7. The molecule has 0 aliphatic carbocycles. The Morgan fingerprint density at radius 2 is 2.00 bits per heavy atom. The molecule has 0 amide bonds. The van der Waals surface area contributed by atoms with Crippen LogP contribution in [0.4, 0.5) is 0 Å². The molecule has 5 nitrogen and oxygen atoms in total. The first-order chi connectivity index (χ1) is 9.56. The van der Waals surface area contributed by atoms with Crippen LogP contribution in [0.15, 0.2) is 50.5 Å². The van der Waals surface area contributed by atoms with Gasteiger partial charge in [0.05, 0.1) is 12.9 Å². The third kappa shape index (κ3) is 4.16. The van der Waals surface area contributed by atoms with Crippen LogP contribution >= 0.6 is 31.9 Å². The van der Waals surface area contributed by atoms with E-state index in [2.05, 4.69) is 36.8 Å². The highest BCUT2D eigenvalue weighted by Crippen LogP contribution is 2.16. The molecule has 1 atom stereocenters. The molecule has 0 bridgehead atoms. The van der Waals surface area contributed by atoms with Crippen molar-refractivity contribution in [3.8, 4) is 5.75 Å². The summed E-state index contributed by atoms with van der Waals surface area (Å²) in [6.45, 7) is 0.225. The highest BCUT2D eigenvalue weighted by atomic mass is 79.9. The molecule has 0 saturated heterocycles. The summed E-state index contributed by atoms with van der Waals surface area (Å²) in [4.78, 5) is 15.6. The normalized spacial score (nSPS) is 12.2. The Kier molecular flexibility index (Phi) is 5.33. The number of aliphatic hydroxyl groups excluding tert-OH is 1. The Hall–Kier alpha value is -1.18. The molecule has 1 unspecified atom stereocenters. The molecule has 1 aromatic carbocycles. The first-order valence-electron chi connectivity index (χ1n) is 5.82. The summed E-state index contributed by atoms with van der Waals surface area (Å²) in [5.41, 5.74) is -0.234. The Balaban J connectivity index is 1.92. The molecule has 0 aliphatic heterocycles. The maximum absolute atomic E-state index is 11.7. The van der Waals surface area contributed by atoms with Crippen LogP contribution in [-0.2, 0) is 6.54 Å². The minimum atomic E-state index is -0.799. The summed E-state index contributed by atoms with van der Waals surface area (Å²) in [5.74, 6) is 0.659. The monoisotopic (exact) mass is 402 g/mol. The fourth-order valence-electron chi connectivity index (χ4n) is 1.56. The molecule has 0 radical (unpaired) electrons. The van der Waals surface area contributed by atoms with Crippen molar-refractivity contribution >= 4 is 31.9 Å². The van der Waals surface area contributed by atoms with E-state index < -0.39 is 6.10 Å². The van der Waals surface area contributed by atoms with Crippen molar-refractivity contribution in [3.63, 3.8) is 0 Å². The SMILES string of the molecule is O=c1c(Br)cncn1CC(O)COc1ccc(Br)cc1. The molecule has 106 valence electrons. The van der Waals surface area contributed by atoms with Crippen molar-refractivity contribution in [1.29, 1.82) is 0 Å². The van der Waals surface area contributed by atoms with E-state index in [1.807, 2.05) is 12.1 Å². The molecular formula is C13H12Br2N2O3. The summed E-state index contributed by atoms with van der Waals surface area (Å²) in [6.07, 6.45) is 2.01. The first-order valence-corrected chi connectivity index (χ1v) is 7.41. The van der Waals surface area contributed by atoms with E-state index in [-0.39, 0.29) is 18.7 Å². The predicted octanol–water partition coefficient (Wildman–Crippen LogP) is 2.21. The standard InChI is InChI=1S/C13H12Br2N2O3/c14-9-1-3-11(4-2-9)20-7-10(18)6-17-8-16-5-12(15)13(17)19/h1-5,8,10,18H,6-7H2. The number of aromatic nitrogens is 2. The van der Waals surface area contributed by atoms with Crippen LogP contribution < -0.4 is 10.3 Å². The van der Waals surface area contributed by atoms with Gasteiger partial charge in [-0.1, -0.05) is 15.9 Å². The average molecular weight is 404 g/mol. The second-order valence-electron chi connectivity index (χ2n) is 4.12. The number of rotatable bonds is 5. The van der Waals surface area contributed by atoms with Crippen molar-refractivity contribution < 1.29 is 9.84 Å². The van der Waals surface area contributed by atoms with Crippen LogP contribution in [0.5, 0.6) is 5.75 Å². The van der Waals surface area contributed by atoms with E-state index in [9.17, 15) is 9.90 Å². The smallest absolute Gasteiger partial charge is 0.267 e. The van der Waals surface area contributed by atoms with Gasteiger partial charge in [0.25, 0.3) is 5.56 Å². The van der Waals surface area contributed by atoms with Gasteiger partial charge in [-0.05, 0) is 40.2 Å². The number of aliphatic hydroxyl groups is 1. The average Bonchev–Trinajstić information content (AvgIpc) is 2.43. The lowest BCUT2D eigenvalue weighted by Gasteiger charge is -2.13. The molecule has 1 N–H and O–H groups in total. The van der Waals surface area contributed by atoms with Crippen LogP contribution in [0.1, 0.15) is 0 Å². The van der Waals surface area contributed by atoms with Crippen molar-refractivity contribution in [3.05, 3.63) is 56.1 Å². The summed E-state index contributed by atoms with van der Waals surface area (Å²) in [7, 11) is 0. The maximum Gasteiger partial charge on any atom is 0.267 e. The van der Waals surface area contributed by atoms with E-state index in [0.717, 1.165) is 4.47 Å². The third-order valence-electron chi connectivity index (χ3n) is 2.52. The zero-order valence-electron chi connectivity index (χ0n) is 10.4. The fraction of sp³-hybridized carbons (Fsp3) is 0.231. The minimum absolute atomic E-state index is 0.0978. The molecule has 7 heteroatoms. The first kappa shape index (κ1) is 15.2. The van der Waals surface area contributed by atoms with E-state index in [1.165, 1.54) is 17.1 Å².